The van der Waals surface area contributed by atoms with Crippen LogP contribution in [0.3, 0.4) is 0 Å². The molecule has 1 atom stereocenters. The largest absolute Gasteiger partial charge is 0.485 e. The van der Waals surface area contributed by atoms with E-state index in [0.717, 1.165) is 5.56 Å². The van der Waals surface area contributed by atoms with Crippen LogP contribution in [0, 0.1) is 0 Å². The molecule has 0 spiro atoms. The fourth-order valence-electron chi connectivity index (χ4n) is 2.72. The van der Waals surface area contributed by atoms with Crippen LogP contribution in [-0.4, -0.2) is 37.1 Å². The van der Waals surface area contributed by atoms with Gasteiger partial charge in [-0.3, -0.25) is 20.4 Å². The number of esters is 1. The number of hydrogen-bond donors (Lipinski definition) is 2. The van der Waals surface area contributed by atoms with Crippen molar-refractivity contribution < 1.29 is 28.6 Å². The quantitative estimate of drug-likeness (QED) is 0.589. The average Bonchev–Trinajstić information content (AvgIpc) is 2.74. The monoisotopic (exact) mass is 412 g/mol. The molecule has 0 aliphatic carbocycles. The third-order valence-electron chi connectivity index (χ3n) is 4.45. The predicted octanol–water partition coefficient (Wildman–Crippen LogP) is 2.13. The summed E-state index contributed by atoms with van der Waals surface area (Å²) in [6.07, 6.45) is -0.913. The summed E-state index contributed by atoms with van der Waals surface area (Å²) in [6.45, 7) is 5.69. The minimum atomic E-state index is -0.913. The predicted molar refractivity (Wildman–Crippen MR) is 108 cm³/mol. The molecular weight excluding hydrogens is 388 g/mol. The fourth-order valence-corrected chi connectivity index (χ4v) is 2.72. The van der Waals surface area contributed by atoms with Gasteiger partial charge in [-0.15, -0.1) is 0 Å². The third kappa shape index (κ3) is 5.28. The lowest BCUT2D eigenvalue weighted by atomic mass is 9.87. The van der Waals surface area contributed by atoms with E-state index in [1.54, 1.807) is 36.4 Å². The Balaban J connectivity index is 1.42. The number of hydrogen-bond acceptors (Lipinski definition) is 6. The van der Waals surface area contributed by atoms with E-state index in [2.05, 4.69) is 31.6 Å². The van der Waals surface area contributed by atoms with Crippen molar-refractivity contribution in [3.8, 4) is 11.5 Å². The van der Waals surface area contributed by atoms with Gasteiger partial charge in [-0.05, 0) is 35.2 Å². The van der Waals surface area contributed by atoms with Crippen LogP contribution in [0.15, 0.2) is 48.5 Å². The van der Waals surface area contributed by atoms with Crippen LogP contribution in [-0.2, 0) is 19.7 Å². The Morgan fingerprint density at radius 2 is 1.67 bits per heavy atom. The first-order chi connectivity index (χ1) is 14.2. The van der Waals surface area contributed by atoms with E-state index >= 15 is 0 Å². The summed E-state index contributed by atoms with van der Waals surface area (Å²) in [5.74, 6) is -0.894. The van der Waals surface area contributed by atoms with Crippen molar-refractivity contribution in [3.63, 3.8) is 0 Å². The molecule has 2 N–H and O–H groups in total. The van der Waals surface area contributed by atoms with Gasteiger partial charge in [-0.1, -0.05) is 45.0 Å². The number of carbonyl (C=O) groups excluding carboxylic acids is 3. The standard InChI is InChI=1S/C22H24N2O6/c1-22(2,3)15-10-8-14(9-11-15)21(27)29-13-19(25)23-24-20(26)18-12-28-16-6-4-5-7-17(16)30-18/h4-11,18H,12-13H2,1-3H3,(H,23,25)(H,24,26)/t18-/m1/s1. The fraction of sp³-hybridized carbons (Fsp3) is 0.318. The highest BCUT2D eigenvalue weighted by Crippen LogP contribution is 2.30. The zero-order valence-corrected chi connectivity index (χ0v) is 17.1. The Bertz CT molecular complexity index is 933. The molecule has 30 heavy (non-hydrogen) atoms. The molecule has 8 nitrogen and oxygen atoms in total. The molecule has 0 saturated carbocycles. The first-order valence-corrected chi connectivity index (χ1v) is 9.49. The molecule has 0 radical (unpaired) electrons. The summed E-state index contributed by atoms with van der Waals surface area (Å²) >= 11 is 0. The molecule has 1 heterocycles. The number of para-hydroxylation sites is 2. The second-order valence-corrected chi connectivity index (χ2v) is 7.81. The maximum absolute atomic E-state index is 12.1. The molecule has 0 unspecified atom stereocenters. The van der Waals surface area contributed by atoms with Gasteiger partial charge in [-0.2, -0.15) is 0 Å². The van der Waals surface area contributed by atoms with E-state index in [-0.39, 0.29) is 12.0 Å². The Morgan fingerprint density at radius 3 is 2.33 bits per heavy atom. The SMILES string of the molecule is CC(C)(C)c1ccc(C(=O)OCC(=O)NNC(=O)[C@H]2COc3ccccc3O2)cc1. The number of carbonyl (C=O) groups is 3. The molecule has 158 valence electrons. The van der Waals surface area contributed by atoms with Crippen molar-refractivity contribution in [2.24, 2.45) is 0 Å². The Morgan fingerprint density at radius 1 is 1.00 bits per heavy atom. The molecule has 1 aliphatic rings. The maximum atomic E-state index is 12.1. The Labute approximate surface area is 174 Å². The third-order valence-corrected chi connectivity index (χ3v) is 4.45. The van der Waals surface area contributed by atoms with Crippen molar-refractivity contribution in [1.82, 2.24) is 10.9 Å². The van der Waals surface area contributed by atoms with E-state index in [0.29, 0.717) is 17.1 Å². The summed E-state index contributed by atoms with van der Waals surface area (Å²) in [6, 6.07) is 14.0. The highest BCUT2D eigenvalue weighted by Gasteiger charge is 2.27. The van der Waals surface area contributed by atoms with Crippen LogP contribution >= 0.6 is 0 Å². The first kappa shape index (κ1) is 21.2. The van der Waals surface area contributed by atoms with E-state index < -0.39 is 30.5 Å². The molecule has 2 aromatic rings. The minimum Gasteiger partial charge on any atom is -0.485 e. The average molecular weight is 412 g/mol. The van der Waals surface area contributed by atoms with E-state index in [4.69, 9.17) is 14.2 Å². The molecule has 0 fully saturated rings. The maximum Gasteiger partial charge on any atom is 0.338 e. The highest BCUT2D eigenvalue weighted by atomic mass is 16.6. The van der Waals surface area contributed by atoms with Crippen LogP contribution in [0.2, 0.25) is 0 Å². The molecule has 3 rings (SSSR count). The van der Waals surface area contributed by atoms with E-state index in [1.807, 2.05) is 12.1 Å². The molecule has 2 amide bonds. The van der Waals surface area contributed by atoms with Crippen LogP contribution in [0.25, 0.3) is 0 Å². The van der Waals surface area contributed by atoms with Gasteiger partial charge in [0.25, 0.3) is 11.8 Å². The lowest BCUT2D eigenvalue weighted by Gasteiger charge is -2.25. The first-order valence-electron chi connectivity index (χ1n) is 9.49. The highest BCUT2D eigenvalue weighted by molar-refractivity contribution is 5.92. The molecule has 0 bridgehead atoms. The number of ether oxygens (including phenoxy) is 3. The number of nitrogens with one attached hydrogen (secondary N) is 2. The van der Waals surface area contributed by atoms with E-state index in [9.17, 15) is 14.4 Å². The molecule has 2 aromatic carbocycles. The van der Waals surface area contributed by atoms with Crippen LogP contribution < -0.4 is 20.3 Å². The summed E-state index contributed by atoms with van der Waals surface area (Å²) in [7, 11) is 0. The van der Waals surface area contributed by atoms with Crippen molar-refractivity contribution in [2.75, 3.05) is 13.2 Å². The number of benzene rings is 2. The van der Waals surface area contributed by atoms with Gasteiger partial charge in [0.05, 0.1) is 5.56 Å². The number of amides is 2. The van der Waals surface area contributed by atoms with Gasteiger partial charge in [-0.25, -0.2) is 4.79 Å². The Kier molecular flexibility index (Phi) is 6.25. The zero-order valence-electron chi connectivity index (χ0n) is 17.1. The van der Waals surface area contributed by atoms with Gasteiger partial charge in [0, 0.05) is 0 Å². The van der Waals surface area contributed by atoms with Crippen molar-refractivity contribution in [1.29, 1.82) is 0 Å². The zero-order chi connectivity index (χ0) is 21.7. The normalized spacial score (nSPS) is 15.1. The summed E-state index contributed by atoms with van der Waals surface area (Å²) in [4.78, 5) is 36.1. The van der Waals surface area contributed by atoms with Crippen molar-refractivity contribution in [3.05, 3.63) is 59.7 Å². The number of rotatable bonds is 4. The smallest absolute Gasteiger partial charge is 0.338 e. The van der Waals surface area contributed by atoms with Gasteiger partial charge in [0.1, 0.15) is 6.61 Å². The minimum absolute atomic E-state index is 0.0122. The van der Waals surface area contributed by atoms with E-state index in [1.165, 1.54) is 0 Å². The number of fused-ring (bicyclic) bond motifs is 1. The molecule has 1 aliphatic heterocycles. The lowest BCUT2D eigenvalue weighted by Crippen LogP contribution is -2.51. The lowest BCUT2D eigenvalue weighted by molar-refractivity contribution is -0.135. The second-order valence-electron chi connectivity index (χ2n) is 7.81. The molecular formula is C22H24N2O6. The van der Waals surface area contributed by atoms with Gasteiger partial charge >= 0.3 is 5.97 Å². The summed E-state index contributed by atoms with van der Waals surface area (Å²) in [5.41, 5.74) is 5.81. The molecule has 8 heteroatoms. The van der Waals surface area contributed by atoms with Crippen molar-refractivity contribution >= 4 is 17.8 Å². The van der Waals surface area contributed by atoms with Crippen molar-refractivity contribution in [2.45, 2.75) is 32.3 Å². The summed E-state index contributed by atoms with van der Waals surface area (Å²) in [5, 5.41) is 0. The second kappa shape index (κ2) is 8.86. The van der Waals surface area contributed by atoms with Crippen LogP contribution in [0.1, 0.15) is 36.7 Å². The van der Waals surface area contributed by atoms with Gasteiger partial charge in [0.15, 0.2) is 18.1 Å². The van der Waals surface area contributed by atoms with Crippen LogP contribution in [0.5, 0.6) is 11.5 Å². The Hall–Kier alpha value is -3.55. The van der Waals surface area contributed by atoms with Gasteiger partial charge in [0.2, 0.25) is 6.10 Å². The summed E-state index contributed by atoms with van der Waals surface area (Å²) < 4.78 is 16.0. The molecule has 0 aromatic heterocycles. The van der Waals surface area contributed by atoms with Crippen LogP contribution in [0.4, 0.5) is 0 Å². The topological polar surface area (TPSA) is 103 Å². The number of hydrazine groups is 1. The van der Waals surface area contributed by atoms with Gasteiger partial charge < -0.3 is 14.2 Å². The molecule has 0 saturated heterocycles.